The van der Waals surface area contributed by atoms with Crippen LogP contribution >= 0.6 is 11.6 Å². The van der Waals surface area contributed by atoms with Gasteiger partial charge in [0.1, 0.15) is 5.03 Å². The van der Waals surface area contributed by atoms with Crippen LogP contribution in [0.15, 0.2) is 23.4 Å². The predicted octanol–water partition coefficient (Wildman–Crippen LogP) is 1.56. The molecular weight excluding hydrogens is 182 g/mol. The Bertz CT molecular complexity index is 260. The molecule has 1 aromatic heterocycles. The van der Waals surface area contributed by atoms with Gasteiger partial charge in [-0.2, -0.15) is 0 Å². The second kappa shape index (κ2) is 3.83. The molecule has 60 valence electrons. The van der Waals surface area contributed by atoms with Crippen molar-refractivity contribution in [2.24, 2.45) is 0 Å². The first-order chi connectivity index (χ1) is 5.24. The normalized spacial score (nSPS) is 12.9. The molecule has 1 rings (SSSR count). The van der Waals surface area contributed by atoms with Crippen molar-refractivity contribution in [3.63, 3.8) is 0 Å². The van der Waals surface area contributed by atoms with E-state index in [0.29, 0.717) is 10.9 Å². The molecule has 0 aliphatic heterocycles. The van der Waals surface area contributed by atoms with Gasteiger partial charge in [-0.25, -0.2) is 4.98 Å². The number of pyridine rings is 1. The minimum Gasteiger partial charge on any atom is -0.253 e. The molecule has 0 fully saturated rings. The fraction of sp³-hybridized carbons (Fsp3) is 0.286. The molecule has 0 bridgehead atoms. The monoisotopic (exact) mass is 189 g/mol. The first kappa shape index (κ1) is 8.68. The number of aromatic nitrogens is 1. The van der Waals surface area contributed by atoms with Crippen molar-refractivity contribution in [1.82, 2.24) is 4.98 Å². The first-order valence-corrected chi connectivity index (χ1v) is 5.17. The summed E-state index contributed by atoms with van der Waals surface area (Å²) in [6.07, 6.45) is 3.24. The fourth-order valence-electron chi connectivity index (χ4n) is 0.660. The Morgan fingerprint density at radius 2 is 2.36 bits per heavy atom. The average Bonchev–Trinajstić information content (AvgIpc) is 2.05. The van der Waals surface area contributed by atoms with Gasteiger partial charge in [-0.15, -0.1) is 11.6 Å². The Balaban J connectivity index is 2.91. The average molecular weight is 190 g/mol. The third-order valence-electron chi connectivity index (χ3n) is 1.25. The first-order valence-electron chi connectivity index (χ1n) is 3.08. The Labute approximate surface area is 73.1 Å². The largest absolute Gasteiger partial charge is 0.253 e. The summed E-state index contributed by atoms with van der Waals surface area (Å²) in [6.45, 7) is 0. The maximum absolute atomic E-state index is 10.9. The van der Waals surface area contributed by atoms with Crippen molar-refractivity contribution in [2.45, 2.75) is 10.9 Å². The van der Waals surface area contributed by atoms with Gasteiger partial charge < -0.3 is 0 Å². The second-order valence-corrected chi connectivity index (χ2v) is 3.69. The van der Waals surface area contributed by atoms with Crippen molar-refractivity contribution in [3.8, 4) is 0 Å². The number of halogens is 1. The number of hydrogen-bond acceptors (Lipinski definition) is 2. The van der Waals surface area contributed by atoms with Crippen LogP contribution in [0.5, 0.6) is 0 Å². The molecule has 2 nitrogen and oxygen atoms in total. The molecule has 0 aliphatic rings. The third kappa shape index (κ3) is 2.27. The number of nitrogens with zero attached hydrogens (tertiary/aromatic N) is 1. The fourth-order valence-corrected chi connectivity index (χ4v) is 1.28. The van der Waals surface area contributed by atoms with Gasteiger partial charge in [0.15, 0.2) is 0 Å². The minimum absolute atomic E-state index is 0.448. The molecule has 0 saturated carbocycles. The van der Waals surface area contributed by atoms with Crippen molar-refractivity contribution in [3.05, 3.63) is 23.9 Å². The number of alkyl halides is 1. The van der Waals surface area contributed by atoms with E-state index in [0.717, 1.165) is 5.56 Å². The Morgan fingerprint density at radius 3 is 2.73 bits per heavy atom. The Morgan fingerprint density at radius 1 is 1.64 bits per heavy atom. The zero-order chi connectivity index (χ0) is 8.27. The molecule has 1 atom stereocenters. The molecule has 0 aliphatic carbocycles. The summed E-state index contributed by atoms with van der Waals surface area (Å²) in [7, 11) is -0.993. The predicted molar refractivity (Wildman–Crippen MR) is 46.1 cm³/mol. The second-order valence-electron chi connectivity index (χ2n) is 2.09. The van der Waals surface area contributed by atoms with Crippen LogP contribution in [-0.4, -0.2) is 15.4 Å². The summed E-state index contributed by atoms with van der Waals surface area (Å²) >= 11 is 5.54. The molecule has 0 spiro atoms. The van der Waals surface area contributed by atoms with Gasteiger partial charge in [0.25, 0.3) is 0 Å². The lowest BCUT2D eigenvalue weighted by Gasteiger charge is -1.95. The van der Waals surface area contributed by atoms with Gasteiger partial charge in [0.2, 0.25) is 0 Å². The van der Waals surface area contributed by atoms with Crippen molar-refractivity contribution >= 4 is 22.4 Å². The molecule has 0 amide bonds. The van der Waals surface area contributed by atoms with Crippen LogP contribution in [0.4, 0.5) is 0 Å². The highest BCUT2D eigenvalue weighted by Crippen LogP contribution is 2.05. The maximum Gasteiger partial charge on any atom is 0.126 e. The molecule has 1 aromatic rings. The Kier molecular flexibility index (Phi) is 3.02. The molecule has 1 unspecified atom stereocenters. The minimum atomic E-state index is -0.993. The smallest absolute Gasteiger partial charge is 0.126 e. The van der Waals surface area contributed by atoms with Gasteiger partial charge in [-0.3, -0.25) is 4.21 Å². The molecule has 0 radical (unpaired) electrons. The van der Waals surface area contributed by atoms with Gasteiger partial charge in [-0.05, 0) is 11.6 Å². The van der Waals surface area contributed by atoms with Gasteiger partial charge in [0, 0.05) is 18.3 Å². The van der Waals surface area contributed by atoms with E-state index in [9.17, 15) is 4.21 Å². The highest BCUT2D eigenvalue weighted by atomic mass is 35.5. The third-order valence-corrected chi connectivity index (χ3v) is 2.39. The van der Waals surface area contributed by atoms with E-state index in [2.05, 4.69) is 4.98 Å². The molecule has 4 heteroatoms. The van der Waals surface area contributed by atoms with Crippen molar-refractivity contribution < 1.29 is 4.21 Å². The highest BCUT2D eigenvalue weighted by Gasteiger charge is 1.97. The lowest BCUT2D eigenvalue weighted by Crippen LogP contribution is -1.91. The topological polar surface area (TPSA) is 30.0 Å². The van der Waals surface area contributed by atoms with E-state index >= 15 is 0 Å². The lowest BCUT2D eigenvalue weighted by molar-refractivity contribution is 0.684. The van der Waals surface area contributed by atoms with Gasteiger partial charge >= 0.3 is 0 Å². The van der Waals surface area contributed by atoms with Crippen LogP contribution in [-0.2, 0) is 16.7 Å². The highest BCUT2D eigenvalue weighted by molar-refractivity contribution is 7.84. The van der Waals surface area contributed by atoms with Crippen LogP contribution in [0.25, 0.3) is 0 Å². The summed E-state index contributed by atoms with van der Waals surface area (Å²) in [5, 5.41) is 0.596. The standard InChI is InChI=1S/C7H8ClNOS/c1-11(10)7-3-2-6(4-8)5-9-7/h2-3,5H,4H2,1H3. The Hall–Kier alpha value is -0.410. The van der Waals surface area contributed by atoms with E-state index in [-0.39, 0.29) is 0 Å². The van der Waals surface area contributed by atoms with Crippen molar-refractivity contribution in [1.29, 1.82) is 0 Å². The van der Waals surface area contributed by atoms with Crippen molar-refractivity contribution in [2.75, 3.05) is 6.26 Å². The summed E-state index contributed by atoms with van der Waals surface area (Å²) in [6, 6.07) is 3.56. The van der Waals surface area contributed by atoms with E-state index in [1.54, 1.807) is 18.5 Å². The molecule has 1 heterocycles. The van der Waals surface area contributed by atoms with E-state index in [1.165, 1.54) is 0 Å². The quantitative estimate of drug-likeness (QED) is 0.661. The molecule has 0 aromatic carbocycles. The summed E-state index contributed by atoms with van der Waals surface area (Å²) in [5.41, 5.74) is 0.945. The number of hydrogen-bond donors (Lipinski definition) is 0. The zero-order valence-electron chi connectivity index (χ0n) is 6.08. The van der Waals surface area contributed by atoms with Crippen LogP contribution < -0.4 is 0 Å². The number of rotatable bonds is 2. The summed E-state index contributed by atoms with van der Waals surface area (Å²) in [4.78, 5) is 3.96. The van der Waals surface area contributed by atoms with E-state index in [4.69, 9.17) is 11.6 Å². The molecular formula is C7H8ClNOS. The molecule has 11 heavy (non-hydrogen) atoms. The van der Waals surface area contributed by atoms with Crippen LogP contribution in [0.1, 0.15) is 5.56 Å². The summed E-state index contributed by atoms with van der Waals surface area (Å²) in [5.74, 6) is 0.448. The van der Waals surface area contributed by atoms with Crippen LogP contribution in [0.2, 0.25) is 0 Å². The molecule has 0 saturated heterocycles. The van der Waals surface area contributed by atoms with Gasteiger partial charge in [0.05, 0.1) is 10.8 Å². The van der Waals surface area contributed by atoms with Gasteiger partial charge in [-0.1, -0.05) is 6.07 Å². The van der Waals surface area contributed by atoms with Crippen LogP contribution in [0, 0.1) is 0 Å². The molecule has 0 N–H and O–H groups in total. The lowest BCUT2D eigenvalue weighted by atomic mass is 10.3. The maximum atomic E-state index is 10.9. The zero-order valence-corrected chi connectivity index (χ0v) is 7.65. The summed E-state index contributed by atoms with van der Waals surface area (Å²) < 4.78 is 10.9. The van der Waals surface area contributed by atoms with Crippen LogP contribution in [0.3, 0.4) is 0 Å². The SMILES string of the molecule is CS(=O)c1ccc(CCl)cn1. The van der Waals surface area contributed by atoms with E-state index in [1.807, 2.05) is 6.07 Å². The van der Waals surface area contributed by atoms with E-state index < -0.39 is 10.8 Å².